The van der Waals surface area contributed by atoms with Gasteiger partial charge in [0.05, 0.1) is 16.2 Å². The zero-order chi connectivity index (χ0) is 16.3. The maximum atomic E-state index is 12.0. The molecule has 21 heavy (non-hydrogen) atoms. The maximum absolute atomic E-state index is 12.0. The summed E-state index contributed by atoms with van der Waals surface area (Å²) in [6, 6.07) is 3.80. The highest BCUT2D eigenvalue weighted by Crippen LogP contribution is 2.14. The second-order valence-electron chi connectivity index (χ2n) is 4.30. The molecule has 10 heteroatoms. The van der Waals surface area contributed by atoms with Gasteiger partial charge in [0.1, 0.15) is 0 Å². The third-order valence-corrected chi connectivity index (χ3v) is 5.59. The largest absolute Gasteiger partial charge is 0.481 e. The predicted octanol–water partition coefficient (Wildman–Crippen LogP) is -0.264. The van der Waals surface area contributed by atoms with Gasteiger partial charge in [0, 0.05) is 6.04 Å². The summed E-state index contributed by atoms with van der Waals surface area (Å²) in [5.41, 5.74) is 0. The predicted molar refractivity (Wildman–Crippen MR) is 74.7 cm³/mol. The molecule has 0 fully saturated rings. The minimum atomic E-state index is -3.90. The van der Waals surface area contributed by atoms with E-state index in [-0.39, 0.29) is 16.2 Å². The molecule has 0 spiro atoms. The van der Waals surface area contributed by atoms with Gasteiger partial charge in [0.15, 0.2) is 0 Å². The van der Waals surface area contributed by atoms with Crippen molar-refractivity contribution in [3.63, 3.8) is 0 Å². The van der Waals surface area contributed by atoms with Gasteiger partial charge in [-0.05, 0) is 38.2 Å². The van der Waals surface area contributed by atoms with Crippen LogP contribution in [0.4, 0.5) is 0 Å². The van der Waals surface area contributed by atoms with Gasteiger partial charge in [-0.15, -0.1) is 0 Å². The molecule has 0 aliphatic carbocycles. The molecule has 0 bridgehead atoms. The van der Waals surface area contributed by atoms with Gasteiger partial charge in [-0.1, -0.05) is 0 Å². The molecule has 0 amide bonds. The molecule has 3 N–H and O–H groups in total. The molecule has 1 atom stereocenters. The third-order valence-electron chi connectivity index (χ3n) is 2.55. The molecular formula is C11H16N2O6S2. The highest BCUT2D eigenvalue weighted by molar-refractivity contribution is 7.90. The number of hydrogen-bond donors (Lipinski definition) is 3. The van der Waals surface area contributed by atoms with Gasteiger partial charge in [-0.2, -0.15) is 0 Å². The Bertz CT molecular complexity index is 710. The van der Waals surface area contributed by atoms with Gasteiger partial charge in [-0.25, -0.2) is 26.3 Å². The van der Waals surface area contributed by atoms with E-state index in [0.29, 0.717) is 0 Å². The van der Waals surface area contributed by atoms with Crippen LogP contribution in [0.3, 0.4) is 0 Å². The Hall–Kier alpha value is -1.49. The number of nitrogens with one attached hydrogen (secondary N) is 2. The lowest BCUT2D eigenvalue weighted by Gasteiger charge is -2.12. The zero-order valence-electron chi connectivity index (χ0n) is 11.4. The SMILES string of the molecule is CNS(=O)(=O)c1ccc(S(=O)(=O)NC(C)CC(=O)O)cc1. The lowest BCUT2D eigenvalue weighted by molar-refractivity contribution is -0.137. The van der Waals surface area contributed by atoms with Gasteiger partial charge >= 0.3 is 5.97 Å². The summed E-state index contributed by atoms with van der Waals surface area (Å²) in [6.07, 6.45) is -0.356. The summed E-state index contributed by atoms with van der Waals surface area (Å²) >= 11 is 0. The minimum Gasteiger partial charge on any atom is -0.481 e. The molecule has 1 unspecified atom stereocenters. The summed E-state index contributed by atoms with van der Waals surface area (Å²) in [7, 11) is -6.30. The van der Waals surface area contributed by atoms with Crippen LogP contribution >= 0.6 is 0 Å². The number of sulfonamides is 2. The van der Waals surface area contributed by atoms with Gasteiger partial charge in [-0.3, -0.25) is 4.79 Å². The number of aliphatic carboxylic acids is 1. The van der Waals surface area contributed by atoms with Crippen molar-refractivity contribution in [3.05, 3.63) is 24.3 Å². The molecule has 0 saturated carbocycles. The molecule has 1 aromatic carbocycles. The van der Waals surface area contributed by atoms with Crippen LogP contribution in [-0.4, -0.2) is 41.0 Å². The van der Waals surface area contributed by atoms with Crippen LogP contribution in [-0.2, 0) is 24.8 Å². The van der Waals surface area contributed by atoms with Gasteiger partial charge < -0.3 is 5.11 Å². The van der Waals surface area contributed by atoms with E-state index in [4.69, 9.17) is 5.11 Å². The highest BCUT2D eigenvalue weighted by Gasteiger charge is 2.20. The van der Waals surface area contributed by atoms with E-state index in [1.165, 1.54) is 14.0 Å². The van der Waals surface area contributed by atoms with E-state index in [1.807, 2.05) is 0 Å². The van der Waals surface area contributed by atoms with Crippen molar-refractivity contribution in [2.24, 2.45) is 0 Å². The molecule has 0 radical (unpaired) electrons. The Balaban J connectivity index is 2.98. The number of rotatable bonds is 7. The molecule has 0 heterocycles. The number of hydrogen-bond acceptors (Lipinski definition) is 5. The van der Waals surface area contributed by atoms with Crippen LogP contribution in [0.5, 0.6) is 0 Å². The van der Waals surface area contributed by atoms with Crippen LogP contribution in [0, 0.1) is 0 Å². The Morgan fingerprint density at radius 1 is 1.10 bits per heavy atom. The molecule has 1 rings (SSSR count). The molecule has 0 aliphatic rings. The van der Waals surface area contributed by atoms with E-state index in [9.17, 15) is 21.6 Å². The zero-order valence-corrected chi connectivity index (χ0v) is 13.0. The van der Waals surface area contributed by atoms with E-state index in [2.05, 4.69) is 9.44 Å². The van der Waals surface area contributed by atoms with E-state index >= 15 is 0 Å². The number of benzene rings is 1. The normalized spacial score (nSPS) is 13.8. The van der Waals surface area contributed by atoms with Crippen LogP contribution in [0.2, 0.25) is 0 Å². The second kappa shape index (κ2) is 6.52. The van der Waals surface area contributed by atoms with Crippen LogP contribution in [0.1, 0.15) is 13.3 Å². The Kier molecular flexibility index (Phi) is 5.45. The molecular weight excluding hydrogens is 320 g/mol. The first-order valence-corrected chi connectivity index (χ1v) is 8.83. The monoisotopic (exact) mass is 336 g/mol. The first-order chi connectivity index (χ1) is 9.58. The summed E-state index contributed by atoms with van der Waals surface area (Å²) < 4.78 is 51.3. The maximum Gasteiger partial charge on any atom is 0.304 e. The fraction of sp³-hybridized carbons (Fsp3) is 0.364. The lowest BCUT2D eigenvalue weighted by Crippen LogP contribution is -2.34. The standard InChI is InChI=1S/C11H16N2O6S2/c1-8(7-11(14)15)13-21(18,19)10-5-3-9(4-6-10)20(16,17)12-2/h3-6,8,12-13H,7H2,1-2H3,(H,14,15). The Morgan fingerprint density at radius 3 is 1.90 bits per heavy atom. The highest BCUT2D eigenvalue weighted by atomic mass is 32.2. The fourth-order valence-electron chi connectivity index (χ4n) is 1.55. The molecule has 0 aliphatic heterocycles. The average molecular weight is 336 g/mol. The van der Waals surface area contributed by atoms with Crippen LogP contribution in [0.15, 0.2) is 34.1 Å². The first kappa shape index (κ1) is 17.6. The molecule has 0 aromatic heterocycles. The van der Waals surface area contributed by atoms with E-state index < -0.39 is 32.1 Å². The van der Waals surface area contributed by atoms with Crippen molar-refractivity contribution < 1.29 is 26.7 Å². The van der Waals surface area contributed by atoms with Crippen molar-refractivity contribution >= 4 is 26.0 Å². The number of carboxylic acids is 1. The second-order valence-corrected chi connectivity index (χ2v) is 7.90. The van der Waals surface area contributed by atoms with E-state index in [0.717, 1.165) is 24.3 Å². The fourth-order valence-corrected chi connectivity index (χ4v) is 3.53. The van der Waals surface area contributed by atoms with Crippen molar-refractivity contribution in [2.45, 2.75) is 29.2 Å². The summed E-state index contributed by atoms with van der Waals surface area (Å²) in [5.74, 6) is -1.12. The van der Waals surface area contributed by atoms with E-state index in [1.54, 1.807) is 0 Å². The summed E-state index contributed by atoms with van der Waals surface area (Å²) in [6.45, 7) is 1.42. The summed E-state index contributed by atoms with van der Waals surface area (Å²) in [5, 5.41) is 8.60. The topological polar surface area (TPSA) is 130 Å². The molecule has 0 saturated heterocycles. The average Bonchev–Trinajstić information content (AvgIpc) is 2.37. The van der Waals surface area contributed by atoms with Crippen molar-refractivity contribution in [1.82, 2.24) is 9.44 Å². The van der Waals surface area contributed by atoms with Gasteiger partial charge in [0.2, 0.25) is 20.0 Å². The summed E-state index contributed by atoms with van der Waals surface area (Å²) in [4.78, 5) is 10.3. The molecule has 118 valence electrons. The number of carboxylic acid groups (broad SMARTS) is 1. The Labute approximate surface area is 123 Å². The van der Waals surface area contributed by atoms with Crippen LogP contribution in [0.25, 0.3) is 0 Å². The minimum absolute atomic E-state index is 0.0671. The van der Waals surface area contributed by atoms with Gasteiger partial charge in [0.25, 0.3) is 0 Å². The molecule has 8 nitrogen and oxygen atoms in total. The Morgan fingerprint density at radius 2 is 1.52 bits per heavy atom. The smallest absolute Gasteiger partial charge is 0.304 e. The lowest BCUT2D eigenvalue weighted by atomic mass is 10.3. The van der Waals surface area contributed by atoms with Crippen molar-refractivity contribution in [1.29, 1.82) is 0 Å². The third kappa shape index (κ3) is 4.77. The van der Waals surface area contributed by atoms with Crippen molar-refractivity contribution in [3.8, 4) is 0 Å². The number of carbonyl (C=O) groups is 1. The first-order valence-electron chi connectivity index (χ1n) is 5.86. The van der Waals surface area contributed by atoms with Crippen LogP contribution < -0.4 is 9.44 Å². The molecule has 1 aromatic rings. The quantitative estimate of drug-likeness (QED) is 0.629. The van der Waals surface area contributed by atoms with Crippen molar-refractivity contribution in [2.75, 3.05) is 7.05 Å².